The highest BCUT2D eigenvalue weighted by Crippen LogP contribution is 2.13. The number of carbonyl (C=O) groups is 2. The number of amides is 1. The molecule has 22 heavy (non-hydrogen) atoms. The lowest BCUT2D eigenvalue weighted by Crippen LogP contribution is -2.44. The van der Waals surface area contributed by atoms with Crippen LogP contribution in [0.25, 0.3) is 6.08 Å². The molecule has 5 nitrogen and oxygen atoms in total. The topological polar surface area (TPSA) is 64.6 Å². The van der Waals surface area contributed by atoms with Gasteiger partial charge in [-0.15, -0.1) is 0 Å². The summed E-state index contributed by atoms with van der Waals surface area (Å²) in [5.41, 5.74) is 1.04. The van der Waals surface area contributed by atoms with Gasteiger partial charge >= 0.3 is 5.97 Å². The largest absolute Gasteiger partial charge is 0.467 e. The Morgan fingerprint density at radius 2 is 2.18 bits per heavy atom. The van der Waals surface area contributed by atoms with Crippen molar-refractivity contribution in [3.8, 4) is 0 Å². The van der Waals surface area contributed by atoms with E-state index in [0.717, 1.165) is 5.56 Å². The second-order valence-corrected chi connectivity index (χ2v) is 5.19. The maximum atomic E-state index is 12.1. The van der Waals surface area contributed by atoms with Crippen LogP contribution in [-0.4, -0.2) is 38.2 Å². The van der Waals surface area contributed by atoms with Gasteiger partial charge in [-0.3, -0.25) is 4.79 Å². The molecular weight excluding hydrogens is 282 g/mol. The fourth-order valence-electron chi connectivity index (χ4n) is 2.29. The van der Waals surface area contributed by atoms with Gasteiger partial charge in [0.25, 0.3) is 0 Å². The molecule has 0 saturated carbocycles. The van der Waals surface area contributed by atoms with Crippen molar-refractivity contribution in [1.29, 1.82) is 0 Å². The van der Waals surface area contributed by atoms with E-state index in [9.17, 15) is 9.59 Å². The molecule has 1 aliphatic heterocycles. The van der Waals surface area contributed by atoms with Crippen molar-refractivity contribution in [2.24, 2.45) is 5.92 Å². The third kappa shape index (κ3) is 4.70. The molecule has 1 fully saturated rings. The summed E-state index contributed by atoms with van der Waals surface area (Å²) in [7, 11) is 1.32. The number of esters is 1. The van der Waals surface area contributed by atoms with E-state index in [1.54, 1.807) is 0 Å². The quantitative estimate of drug-likeness (QED) is 0.814. The summed E-state index contributed by atoms with van der Waals surface area (Å²) in [4.78, 5) is 23.9. The first-order chi connectivity index (χ1) is 10.7. The Morgan fingerprint density at radius 1 is 1.41 bits per heavy atom. The van der Waals surface area contributed by atoms with Gasteiger partial charge in [-0.1, -0.05) is 42.5 Å². The zero-order valence-electron chi connectivity index (χ0n) is 12.7. The molecule has 1 saturated heterocycles. The minimum absolute atomic E-state index is 0.152. The molecule has 5 heteroatoms. The first kappa shape index (κ1) is 16.2. The highest BCUT2D eigenvalue weighted by Gasteiger charge is 2.27. The number of nitrogens with one attached hydrogen (secondary N) is 1. The van der Waals surface area contributed by atoms with Gasteiger partial charge < -0.3 is 14.8 Å². The second kappa shape index (κ2) is 8.34. The maximum absolute atomic E-state index is 12.1. The Hall–Kier alpha value is -2.14. The summed E-state index contributed by atoms with van der Waals surface area (Å²) < 4.78 is 9.95. The van der Waals surface area contributed by atoms with E-state index in [2.05, 4.69) is 5.32 Å². The Morgan fingerprint density at radius 3 is 2.82 bits per heavy atom. The van der Waals surface area contributed by atoms with Gasteiger partial charge in [-0.2, -0.15) is 0 Å². The predicted octanol–water partition coefficient (Wildman–Crippen LogP) is 1.78. The molecule has 1 aromatic carbocycles. The molecule has 0 aromatic heterocycles. The number of benzene rings is 1. The van der Waals surface area contributed by atoms with E-state index in [-0.39, 0.29) is 11.8 Å². The van der Waals surface area contributed by atoms with Crippen molar-refractivity contribution in [2.45, 2.75) is 18.9 Å². The van der Waals surface area contributed by atoms with Crippen LogP contribution in [0.15, 0.2) is 36.4 Å². The van der Waals surface area contributed by atoms with Crippen molar-refractivity contribution in [2.75, 3.05) is 20.3 Å². The van der Waals surface area contributed by atoms with Gasteiger partial charge in [-0.25, -0.2) is 4.79 Å². The number of rotatable bonds is 6. The van der Waals surface area contributed by atoms with Crippen molar-refractivity contribution in [1.82, 2.24) is 5.32 Å². The van der Waals surface area contributed by atoms with Gasteiger partial charge in [0, 0.05) is 6.61 Å². The third-order valence-corrected chi connectivity index (χ3v) is 3.58. The standard InChI is InChI=1S/C17H21NO4/c1-21-17(20)15(18-16(19)14-10-11-22-12-14)9-5-8-13-6-3-2-4-7-13/h2-8,14-15H,9-12H2,1H3,(H,18,19)/b8-5+/t14-,15-/m0/s1. The van der Waals surface area contributed by atoms with Crippen LogP contribution in [0, 0.1) is 5.92 Å². The lowest BCUT2D eigenvalue weighted by Gasteiger charge is -2.17. The Labute approximate surface area is 130 Å². The van der Waals surface area contributed by atoms with Crippen molar-refractivity contribution in [3.05, 3.63) is 42.0 Å². The summed E-state index contributed by atoms with van der Waals surface area (Å²) in [6.07, 6.45) is 4.86. The number of hydrogen-bond acceptors (Lipinski definition) is 4. The Kier molecular flexibility index (Phi) is 6.15. The van der Waals surface area contributed by atoms with Crippen molar-refractivity contribution in [3.63, 3.8) is 0 Å². The SMILES string of the molecule is COC(=O)[C@H](C/C=C/c1ccccc1)NC(=O)[C@H]1CCOC1. The lowest BCUT2D eigenvalue weighted by atomic mass is 10.1. The zero-order valence-corrected chi connectivity index (χ0v) is 12.7. The van der Waals surface area contributed by atoms with Crippen LogP contribution in [0.3, 0.4) is 0 Å². The van der Waals surface area contributed by atoms with E-state index in [4.69, 9.17) is 9.47 Å². The first-order valence-electron chi connectivity index (χ1n) is 7.38. The highest BCUT2D eigenvalue weighted by molar-refractivity contribution is 5.86. The third-order valence-electron chi connectivity index (χ3n) is 3.58. The zero-order chi connectivity index (χ0) is 15.8. The molecule has 0 unspecified atom stereocenters. The Bertz CT molecular complexity index is 521. The maximum Gasteiger partial charge on any atom is 0.328 e. The van der Waals surface area contributed by atoms with Crippen LogP contribution in [0.2, 0.25) is 0 Å². The summed E-state index contributed by atoms with van der Waals surface area (Å²) in [6.45, 7) is 1.01. The smallest absolute Gasteiger partial charge is 0.328 e. The summed E-state index contributed by atoms with van der Waals surface area (Å²) in [6, 6.07) is 9.10. The summed E-state index contributed by atoms with van der Waals surface area (Å²) >= 11 is 0. The summed E-state index contributed by atoms with van der Waals surface area (Å²) in [5.74, 6) is -0.767. The summed E-state index contributed by atoms with van der Waals surface area (Å²) in [5, 5.41) is 2.75. The minimum Gasteiger partial charge on any atom is -0.467 e. The van der Waals surface area contributed by atoms with Gasteiger partial charge in [0.2, 0.25) is 5.91 Å². The lowest BCUT2D eigenvalue weighted by molar-refractivity contribution is -0.145. The molecule has 2 atom stereocenters. The van der Waals surface area contributed by atoms with Gasteiger partial charge in [-0.05, 0) is 18.4 Å². The number of hydrogen-bond donors (Lipinski definition) is 1. The highest BCUT2D eigenvalue weighted by atomic mass is 16.5. The van der Waals surface area contributed by atoms with E-state index in [1.165, 1.54) is 7.11 Å². The van der Waals surface area contributed by atoms with Crippen molar-refractivity contribution >= 4 is 18.0 Å². The molecular formula is C17H21NO4. The molecule has 0 aliphatic carbocycles. The van der Waals surface area contributed by atoms with E-state index >= 15 is 0 Å². The number of carbonyl (C=O) groups excluding carboxylic acids is 2. The van der Waals surface area contributed by atoms with Crippen LogP contribution in [-0.2, 0) is 19.1 Å². The molecule has 1 N–H and O–H groups in total. The Balaban J connectivity index is 1.92. The average Bonchev–Trinajstić information content (AvgIpc) is 3.08. The molecule has 1 amide bonds. The molecule has 1 heterocycles. The van der Waals surface area contributed by atoms with Gasteiger partial charge in [0.05, 0.1) is 19.6 Å². The fraction of sp³-hybridized carbons (Fsp3) is 0.412. The minimum atomic E-state index is -0.668. The molecule has 118 valence electrons. The molecule has 2 rings (SSSR count). The van der Waals surface area contributed by atoms with Crippen LogP contribution in [0.4, 0.5) is 0 Å². The molecule has 0 spiro atoms. The number of ether oxygens (including phenoxy) is 2. The first-order valence-corrected chi connectivity index (χ1v) is 7.38. The molecule has 0 radical (unpaired) electrons. The predicted molar refractivity (Wildman–Crippen MR) is 83.0 cm³/mol. The molecule has 0 bridgehead atoms. The van der Waals surface area contributed by atoms with Crippen LogP contribution >= 0.6 is 0 Å². The molecule has 1 aliphatic rings. The van der Waals surface area contributed by atoms with E-state index < -0.39 is 12.0 Å². The fourth-order valence-corrected chi connectivity index (χ4v) is 2.29. The van der Waals surface area contributed by atoms with Gasteiger partial charge in [0.1, 0.15) is 6.04 Å². The number of methoxy groups -OCH3 is 1. The van der Waals surface area contributed by atoms with Crippen LogP contribution < -0.4 is 5.32 Å². The van der Waals surface area contributed by atoms with Crippen LogP contribution in [0.1, 0.15) is 18.4 Å². The van der Waals surface area contributed by atoms with E-state index in [1.807, 2.05) is 42.5 Å². The van der Waals surface area contributed by atoms with Crippen molar-refractivity contribution < 1.29 is 19.1 Å². The van der Waals surface area contributed by atoms with Crippen LogP contribution in [0.5, 0.6) is 0 Å². The average molecular weight is 303 g/mol. The second-order valence-electron chi connectivity index (χ2n) is 5.19. The van der Waals surface area contributed by atoms with Gasteiger partial charge in [0.15, 0.2) is 0 Å². The normalized spacial score (nSPS) is 19.0. The monoisotopic (exact) mass is 303 g/mol. The van der Waals surface area contributed by atoms with E-state index in [0.29, 0.717) is 26.1 Å². The molecule has 1 aromatic rings.